The van der Waals surface area contributed by atoms with Gasteiger partial charge in [-0.3, -0.25) is 9.48 Å². The number of hydrogen-bond donors (Lipinski definition) is 1. The summed E-state index contributed by atoms with van der Waals surface area (Å²) in [5.41, 5.74) is 0.876. The first-order chi connectivity index (χ1) is 14.1. The van der Waals surface area contributed by atoms with Gasteiger partial charge in [0.25, 0.3) is 5.91 Å². The normalized spacial score (nSPS) is 20.4. The van der Waals surface area contributed by atoms with Crippen LogP contribution in [0.5, 0.6) is 0 Å². The Labute approximate surface area is 178 Å². The Morgan fingerprint density at radius 1 is 1.23 bits per heavy atom. The molecule has 3 rings (SSSR count). The predicted octanol–water partition coefficient (Wildman–Crippen LogP) is 2.36. The van der Waals surface area contributed by atoms with Crippen molar-refractivity contribution < 1.29 is 13.2 Å². The number of carbonyl (C=O) groups is 1. The zero-order chi connectivity index (χ0) is 21.9. The van der Waals surface area contributed by atoms with Crippen LogP contribution in [-0.2, 0) is 16.6 Å². The van der Waals surface area contributed by atoms with Crippen LogP contribution in [0.3, 0.4) is 0 Å². The van der Waals surface area contributed by atoms with Gasteiger partial charge < -0.3 is 10.2 Å². The van der Waals surface area contributed by atoms with E-state index in [1.165, 1.54) is 10.4 Å². The van der Waals surface area contributed by atoms with Crippen molar-refractivity contribution in [1.82, 2.24) is 19.0 Å². The van der Waals surface area contributed by atoms with Crippen molar-refractivity contribution in [3.8, 4) is 0 Å². The lowest BCUT2D eigenvalue weighted by atomic mass is 9.94. The minimum atomic E-state index is -3.64. The minimum absolute atomic E-state index is 0.151. The zero-order valence-corrected chi connectivity index (χ0v) is 18.9. The van der Waals surface area contributed by atoms with Gasteiger partial charge in [0.2, 0.25) is 10.0 Å². The molecular weight excluding hydrogens is 402 g/mol. The minimum Gasteiger partial charge on any atom is -0.319 e. The molecule has 1 N–H and O–H groups in total. The summed E-state index contributed by atoms with van der Waals surface area (Å²) >= 11 is 0. The van der Waals surface area contributed by atoms with Crippen molar-refractivity contribution >= 4 is 21.6 Å². The molecule has 2 unspecified atom stereocenters. The number of rotatable bonds is 7. The molecule has 30 heavy (non-hydrogen) atoms. The van der Waals surface area contributed by atoms with Gasteiger partial charge in [0.05, 0.1) is 23.3 Å². The summed E-state index contributed by atoms with van der Waals surface area (Å²) in [4.78, 5) is 14.9. The van der Waals surface area contributed by atoms with E-state index in [4.69, 9.17) is 0 Å². The van der Waals surface area contributed by atoms with Gasteiger partial charge in [0.1, 0.15) is 0 Å². The molecule has 9 heteroatoms. The van der Waals surface area contributed by atoms with Gasteiger partial charge >= 0.3 is 0 Å². The maximum Gasteiger partial charge on any atom is 0.255 e. The molecule has 0 bridgehead atoms. The van der Waals surface area contributed by atoms with Crippen LogP contribution in [0.1, 0.15) is 30.6 Å². The van der Waals surface area contributed by atoms with Crippen molar-refractivity contribution in [2.75, 3.05) is 39.0 Å². The van der Waals surface area contributed by atoms with Gasteiger partial charge in [-0.05, 0) is 50.6 Å². The van der Waals surface area contributed by atoms with Crippen molar-refractivity contribution in [3.63, 3.8) is 0 Å². The van der Waals surface area contributed by atoms with Gasteiger partial charge in [-0.1, -0.05) is 19.9 Å². The van der Waals surface area contributed by atoms with Crippen molar-refractivity contribution in [3.05, 3.63) is 42.2 Å². The van der Waals surface area contributed by atoms with Gasteiger partial charge in [0.15, 0.2) is 0 Å². The van der Waals surface area contributed by atoms with Gasteiger partial charge in [0, 0.05) is 31.4 Å². The number of sulfonamides is 1. The fourth-order valence-electron chi connectivity index (χ4n) is 3.80. The van der Waals surface area contributed by atoms with E-state index in [1.807, 2.05) is 14.1 Å². The maximum atomic E-state index is 13.1. The Morgan fingerprint density at radius 3 is 2.60 bits per heavy atom. The van der Waals surface area contributed by atoms with E-state index in [2.05, 4.69) is 29.2 Å². The first-order valence-corrected chi connectivity index (χ1v) is 11.7. The quantitative estimate of drug-likeness (QED) is 0.724. The third-order valence-electron chi connectivity index (χ3n) is 5.24. The second-order valence-electron chi connectivity index (χ2n) is 8.55. The highest BCUT2D eigenvalue weighted by Gasteiger charge is 2.32. The third-order valence-corrected chi connectivity index (χ3v) is 7.06. The van der Waals surface area contributed by atoms with Crippen LogP contribution in [0.15, 0.2) is 41.6 Å². The van der Waals surface area contributed by atoms with E-state index in [-0.39, 0.29) is 10.8 Å². The van der Waals surface area contributed by atoms with E-state index in [9.17, 15) is 13.2 Å². The second kappa shape index (κ2) is 9.28. The van der Waals surface area contributed by atoms with Gasteiger partial charge in [-0.25, -0.2) is 8.42 Å². The summed E-state index contributed by atoms with van der Waals surface area (Å²) in [7, 11) is 0.333. The summed E-state index contributed by atoms with van der Waals surface area (Å²) in [6.45, 7) is 6.71. The second-order valence-corrected chi connectivity index (χ2v) is 10.5. The molecule has 2 atom stereocenters. The Hall–Kier alpha value is -2.23. The number of nitrogens with zero attached hydrogens (tertiary/aromatic N) is 4. The largest absolute Gasteiger partial charge is 0.319 e. The third kappa shape index (κ3) is 5.47. The molecule has 1 aromatic carbocycles. The number of aromatic nitrogens is 2. The summed E-state index contributed by atoms with van der Waals surface area (Å²) < 4.78 is 29.5. The molecular formula is C21H31N5O3S. The summed E-state index contributed by atoms with van der Waals surface area (Å²) in [6.07, 6.45) is 4.37. The molecule has 1 fully saturated rings. The molecule has 0 saturated carbocycles. The van der Waals surface area contributed by atoms with Gasteiger partial charge in [-0.2, -0.15) is 9.40 Å². The van der Waals surface area contributed by atoms with Crippen LogP contribution in [0.2, 0.25) is 0 Å². The first-order valence-electron chi connectivity index (χ1n) is 10.2. The van der Waals surface area contributed by atoms with E-state index in [0.29, 0.717) is 42.7 Å². The Morgan fingerprint density at radius 2 is 1.93 bits per heavy atom. The summed E-state index contributed by atoms with van der Waals surface area (Å²) in [5, 5.41) is 7.03. The molecule has 0 aliphatic carbocycles. The van der Waals surface area contributed by atoms with Crippen LogP contribution >= 0.6 is 0 Å². The SMILES string of the molecule is CC1CC(C)CN(S(=O)(=O)c2cccc(C(=O)Nc3cnn(CCN(C)C)c3)c2)C1. The van der Waals surface area contributed by atoms with E-state index >= 15 is 0 Å². The van der Waals surface area contributed by atoms with E-state index < -0.39 is 10.0 Å². The number of carbonyl (C=O) groups excluding carboxylic acids is 1. The van der Waals surface area contributed by atoms with Crippen LogP contribution in [0.25, 0.3) is 0 Å². The Balaban J connectivity index is 1.72. The van der Waals surface area contributed by atoms with Crippen LogP contribution in [0, 0.1) is 11.8 Å². The number of anilines is 1. The average molecular weight is 434 g/mol. The van der Waals surface area contributed by atoms with Crippen molar-refractivity contribution in [2.24, 2.45) is 11.8 Å². The highest BCUT2D eigenvalue weighted by Crippen LogP contribution is 2.27. The van der Waals surface area contributed by atoms with Crippen molar-refractivity contribution in [2.45, 2.75) is 31.7 Å². The zero-order valence-electron chi connectivity index (χ0n) is 18.1. The van der Waals surface area contributed by atoms with Crippen molar-refractivity contribution in [1.29, 1.82) is 0 Å². The van der Waals surface area contributed by atoms with Crippen LogP contribution < -0.4 is 5.32 Å². The van der Waals surface area contributed by atoms with Crippen LogP contribution in [-0.4, -0.2) is 67.0 Å². The fourth-order valence-corrected chi connectivity index (χ4v) is 5.53. The lowest BCUT2D eigenvalue weighted by molar-refractivity contribution is 0.102. The number of hydrogen-bond acceptors (Lipinski definition) is 5. The molecule has 0 spiro atoms. The molecule has 1 aromatic heterocycles. The molecule has 2 aromatic rings. The first kappa shape index (κ1) is 22.5. The number of benzene rings is 1. The average Bonchev–Trinajstić information content (AvgIpc) is 3.13. The molecule has 8 nitrogen and oxygen atoms in total. The Bertz CT molecular complexity index is 976. The Kier molecular flexibility index (Phi) is 6.95. The lowest BCUT2D eigenvalue weighted by Crippen LogP contribution is -2.42. The monoisotopic (exact) mass is 433 g/mol. The topological polar surface area (TPSA) is 87.5 Å². The molecule has 1 amide bonds. The lowest BCUT2D eigenvalue weighted by Gasteiger charge is -2.34. The molecule has 1 aliphatic heterocycles. The van der Waals surface area contributed by atoms with Crippen LogP contribution in [0.4, 0.5) is 5.69 Å². The number of piperidine rings is 1. The molecule has 1 aliphatic rings. The number of nitrogens with one attached hydrogen (secondary N) is 1. The molecule has 1 saturated heterocycles. The fraction of sp³-hybridized carbons (Fsp3) is 0.524. The van der Waals surface area contributed by atoms with E-state index in [1.54, 1.807) is 35.3 Å². The number of likely N-dealkylation sites (N-methyl/N-ethyl adjacent to an activating group) is 1. The molecule has 2 heterocycles. The summed E-state index contributed by atoms with van der Waals surface area (Å²) in [6, 6.07) is 6.23. The van der Waals surface area contributed by atoms with Gasteiger partial charge in [-0.15, -0.1) is 0 Å². The van der Waals surface area contributed by atoms with E-state index in [0.717, 1.165) is 13.0 Å². The molecule has 164 valence electrons. The highest BCUT2D eigenvalue weighted by atomic mass is 32.2. The summed E-state index contributed by atoms with van der Waals surface area (Å²) in [5.74, 6) is 0.276. The molecule has 0 radical (unpaired) electrons. The maximum absolute atomic E-state index is 13.1. The highest BCUT2D eigenvalue weighted by molar-refractivity contribution is 7.89. The smallest absolute Gasteiger partial charge is 0.255 e. The standard InChI is InChI=1S/C21H31N5O3S/c1-16-10-17(2)14-26(13-16)30(28,29)20-7-5-6-18(11-20)21(27)23-19-12-22-25(15-19)9-8-24(3)4/h5-7,11-12,15-17H,8-10,13-14H2,1-4H3,(H,23,27). The number of amides is 1. The predicted molar refractivity (Wildman–Crippen MR) is 117 cm³/mol.